The van der Waals surface area contributed by atoms with Gasteiger partial charge in [0.15, 0.2) is 5.58 Å². The largest absolute Gasteiger partial charge is 0.455 e. The van der Waals surface area contributed by atoms with Crippen molar-refractivity contribution in [2.45, 2.75) is 0 Å². The van der Waals surface area contributed by atoms with E-state index in [-0.39, 0.29) is 0 Å². The number of pyridine rings is 1. The first kappa shape index (κ1) is 27.7. The lowest BCUT2D eigenvalue weighted by atomic mass is 9.95. The van der Waals surface area contributed by atoms with Gasteiger partial charge in [-0.1, -0.05) is 121 Å². The fraction of sp³-hybridized carbons (Fsp3) is 0. The monoisotopic (exact) mass is 662 g/mol. The van der Waals surface area contributed by atoms with Crippen molar-refractivity contribution in [3.63, 3.8) is 0 Å². The van der Waals surface area contributed by atoms with Gasteiger partial charge in [0.1, 0.15) is 11.2 Å². The summed E-state index contributed by atoms with van der Waals surface area (Å²) in [6.45, 7) is 0. The lowest BCUT2D eigenvalue weighted by molar-refractivity contribution is 0.666. The Morgan fingerprint density at radius 3 is 2.00 bits per heavy atom. The molecule has 8 aromatic carbocycles. The van der Waals surface area contributed by atoms with Crippen LogP contribution in [0.4, 0.5) is 0 Å². The minimum Gasteiger partial charge on any atom is -0.455 e. The predicted molar refractivity (Wildman–Crippen MR) is 214 cm³/mol. The minimum atomic E-state index is 0.838. The molecule has 0 unspecified atom stereocenters. The summed E-state index contributed by atoms with van der Waals surface area (Å²) < 4.78 is 8.53. The lowest BCUT2D eigenvalue weighted by Gasteiger charge is -2.14. The van der Waals surface area contributed by atoms with E-state index in [1.807, 2.05) is 12.1 Å². The number of imidazole rings is 1. The summed E-state index contributed by atoms with van der Waals surface area (Å²) in [6.07, 6.45) is 2.10. The Bertz CT molecular complexity index is 3480. The molecule has 4 aromatic heterocycles. The van der Waals surface area contributed by atoms with Gasteiger partial charge in [-0.2, -0.15) is 0 Å². The smallest absolute Gasteiger partial charge is 0.152 e. The van der Waals surface area contributed by atoms with E-state index in [0.29, 0.717) is 0 Å². The Morgan fingerprint density at radius 1 is 0.404 bits per heavy atom. The summed E-state index contributed by atoms with van der Waals surface area (Å²) in [4.78, 5) is 16.1. The van der Waals surface area contributed by atoms with E-state index in [0.717, 1.165) is 104 Å². The number of hydrogen-bond acceptors (Lipinski definition) is 4. The van der Waals surface area contributed by atoms with Gasteiger partial charge >= 0.3 is 0 Å². The highest BCUT2D eigenvalue weighted by Gasteiger charge is 2.20. The van der Waals surface area contributed by atoms with Gasteiger partial charge in [0.25, 0.3) is 0 Å². The van der Waals surface area contributed by atoms with E-state index in [2.05, 4.69) is 150 Å². The van der Waals surface area contributed by atoms with Gasteiger partial charge in [0, 0.05) is 38.1 Å². The number of para-hydroxylation sites is 1. The first-order valence-corrected chi connectivity index (χ1v) is 17.5. The summed E-state index contributed by atoms with van der Waals surface area (Å²) in [5.74, 6) is 0. The molecule has 0 atom stereocenters. The Kier molecular flexibility index (Phi) is 5.44. The standard InChI is InChI=1S/C47H26N4O/c1-2-11-29-23-30(18-17-27(29)9-1)44-43(48-39-22-20-28-10-3-4-12-32(28)45(39)50-44)31-19-21-36-37(24-31)33-13-5-6-15-35(33)46-47(36)51-26-41-38(25-42(51)49-46)34-14-7-8-16-40(34)52-41/h1-26H. The second-order valence-electron chi connectivity index (χ2n) is 13.6. The second-order valence-corrected chi connectivity index (χ2v) is 13.6. The van der Waals surface area contributed by atoms with Crippen LogP contribution in [0.15, 0.2) is 162 Å². The number of furan rings is 1. The summed E-state index contributed by atoms with van der Waals surface area (Å²) in [5, 5.41) is 11.3. The highest BCUT2D eigenvalue weighted by atomic mass is 16.3. The van der Waals surface area contributed by atoms with E-state index in [4.69, 9.17) is 19.4 Å². The van der Waals surface area contributed by atoms with Crippen molar-refractivity contribution < 1.29 is 4.42 Å². The summed E-state index contributed by atoms with van der Waals surface area (Å²) in [6, 6.07) is 53.3. The highest BCUT2D eigenvalue weighted by molar-refractivity contribution is 6.25. The number of benzene rings is 8. The maximum Gasteiger partial charge on any atom is 0.152 e. The zero-order chi connectivity index (χ0) is 33.9. The number of nitrogens with zero attached hydrogens (tertiary/aromatic N) is 4. The maximum atomic E-state index is 6.34. The fourth-order valence-electron chi connectivity index (χ4n) is 8.28. The van der Waals surface area contributed by atoms with E-state index in [1.54, 1.807) is 0 Å². The molecular formula is C47H26N4O. The predicted octanol–water partition coefficient (Wildman–Crippen LogP) is 12.3. The first-order chi connectivity index (χ1) is 25.7. The quantitative estimate of drug-likeness (QED) is 0.173. The second kappa shape index (κ2) is 10.2. The van der Waals surface area contributed by atoms with Crippen LogP contribution in [0, 0.1) is 0 Å². The number of fused-ring (bicyclic) bond motifs is 15. The van der Waals surface area contributed by atoms with E-state index in [9.17, 15) is 0 Å². The molecule has 12 rings (SSSR count). The van der Waals surface area contributed by atoms with Crippen LogP contribution in [0.25, 0.3) is 115 Å². The molecule has 52 heavy (non-hydrogen) atoms. The Hall–Kier alpha value is -7.11. The van der Waals surface area contributed by atoms with Gasteiger partial charge in [-0.3, -0.25) is 4.40 Å². The minimum absolute atomic E-state index is 0.838. The van der Waals surface area contributed by atoms with Crippen molar-refractivity contribution in [1.82, 2.24) is 19.4 Å². The Balaban J connectivity index is 1.17. The SMILES string of the molecule is c1ccc2cc(-c3nc4c(ccc5ccccc54)nc3-c3ccc4c(c3)c3ccccc3c3nc5cc6c(cn5c43)oc3ccccc36)ccc2c1. The van der Waals surface area contributed by atoms with E-state index >= 15 is 0 Å². The summed E-state index contributed by atoms with van der Waals surface area (Å²) in [5.41, 5.74) is 10.2. The van der Waals surface area contributed by atoms with Crippen molar-refractivity contribution in [1.29, 1.82) is 0 Å². The molecule has 0 N–H and O–H groups in total. The van der Waals surface area contributed by atoms with Crippen LogP contribution in [0.2, 0.25) is 0 Å². The first-order valence-electron chi connectivity index (χ1n) is 17.5. The topological polar surface area (TPSA) is 56.2 Å². The number of hydrogen-bond donors (Lipinski definition) is 0. The van der Waals surface area contributed by atoms with Gasteiger partial charge in [0.05, 0.1) is 39.7 Å². The van der Waals surface area contributed by atoms with Gasteiger partial charge in [-0.15, -0.1) is 0 Å². The van der Waals surface area contributed by atoms with Gasteiger partial charge < -0.3 is 4.42 Å². The molecule has 0 spiro atoms. The molecule has 5 nitrogen and oxygen atoms in total. The van der Waals surface area contributed by atoms with Crippen molar-refractivity contribution in [2.75, 3.05) is 0 Å². The Morgan fingerprint density at radius 2 is 1.10 bits per heavy atom. The average Bonchev–Trinajstić information content (AvgIpc) is 3.77. The summed E-state index contributed by atoms with van der Waals surface area (Å²) in [7, 11) is 0. The van der Waals surface area contributed by atoms with E-state index < -0.39 is 0 Å². The van der Waals surface area contributed by atoms with Gasteiger partial charge in [-0.05, 0) is 57.3 Å². The molecule has 5 heteroatoms. The highest BCUT2D eigenvalue weighted by Crippen LogP contribution is 2.41. The molecular weight excluding hydrogens is 637 g/mol. The molecule has 0 radical (unpaired) electrons. The van der Waals surface area contributed by atoms with Crippen LogP contribution in [0.3, 0.4) is 0 Å². The number of rotatable bonds is 2. The molecule has 12 aromatic rings. The molecule has 0 saturated heterocycles. The van der Waals surface area contributed by atoms with Crippen LogP contribution in [0.5, 0.6) is 0 Å². The molecule has 0 aliphatic rings. The average molecular weight is 663 g/mol. The van der Waals surface area contributed by atoms with Crippen LogP contribution in [0.1, 0.15) is 0 Å². The van der Waals surface area contributed by atoms with Gasteiger partial charge in [0.2, 0.25) is 0 Å². The van der Waals surface area contributed by atoms with Crippen LogP contribution < -0.4 is 0 Å². The zero-order valence-electron chi connectivity index (χ0n) is 27.7. The van der Waals surface area contributed by atoms with Crippen molar-refractivity contribution in [3.8, 4) is 22.5 Å². The normalized spacial score (nSPS) is 12.2. The molecule has 0 bridgehead atoms. The van der Waals surface area contributed by atoms with Gasteiger partial charge in [-0.25, -0.2) is 15.0 Å². The maximum absolute atomic E-state index is 6.34. The Labute approximate surface area is 296 Å². The van der Waals surface area contributed by atoms with Crippen LogP contribution in [-0.4, -0.2) is 19.4 Å². The van der Waals surface area contributed by atoms with Crippen LogP contribution in [-0.2, 0) is 0 Å². The lowest BCUT2D eigenvalue weighted by Crippen LogP contribution is -1.97. The molecule has 0 fully saturated rings. The van der Waals surface area contributed by atoms with Crippen molar-refractivity contribution >= 4 is 92.7 Å². The third-order valence-corrected chi connectivity index (χ3v) is 10.7. The van der Waals surface area contributed by atoms with Crippen LogP contribution >= 0.6 is 0 Å². The van der Waals surface area contributed by atoms with E-state index in [1.165, 1.54) is 10.8 Å². The van der Waals surface area contributed by atoms with Crippen molar-refractivity contribution in [3.05, 3.63) is 158 Å². The molecule has 4 heterocycles. The molecule has 240 valence electrons. The third kappa shape index (κ3) is 3.85. The number of aromatic nitrogens is 4. The summed E-state index contributed by atoms with van der Waals surface area (Å²) >= 11 is 0. The zero-order valence-corrected chi connectivity index (χ0v) is 27.7. The molecule has 0 aliphatic heterocycles. The molecule has 0 aliphatic carbocycles. The molecule has 0 saturated carbocycles. The fourth-order valence-corrected chi connectivity index (χ4v) is 8.28. The third-order valence-electron chi connectivity index (χ3n) is 10.7. The van der Waals surface area contributed by atoms with Crippen molar-refractivity contribution in [2.24, 2.45) is 0 Å². The molecule has 0 amide bonds.